The minimum Gasteiger partial charge on any atom is -0.508 e. The molecular weight excluding hydrogens is 517 g/mol. The number of benzene rings is 2. The predicted octanol–water partition coefficient (Wildman–Crippen LogP) is 7.12. The zero-order chi connectivity index (χ0) is 25.8. The smallest absolute Gasteiger partial charge is 0.280 e. The molecule has 190 valence electrons. The van der Waals surface area contributed by atoms with Crippen LogP contribution in [0.25, 0.3) is 0 Å². The maximum Gasteiger partial charge on any atom is 0.280 e. The lowest BCUT2D eigenvalue weighted by Gasteiger charge is -2.33. The van der Waals surface area contributed by atoms with Crippen molar-refractivity contribution in [1.82, 2.24) is 9.69 Å². The summed E-state index contributed by atoms with van der Waals surface area (Å²) in [6, 6.07) is 12.9. The molecule has 0 saturated heterocycles. The molecule has 1 saturated carbocycles. The van der Waals surface area contributed by atoms with Gasteiger partial charge < -0.3 is 10.4 Å². The molecule has 0 spiro atoms. The first-order valence-electron chi connectivity index (χ1n) is 12.1. The molecule has 2 N–H and O–H groups in total. The predicted molar refractivity (Wildman–Crippen MR) is 145 cm³/mol. The summed E-state index contributed by atoms with van der Waals surface area (Å²) in [5.41, 5.74) is 2.18. The van der Waals surface area contributed by atoms with Crippen molar-refractivity contribution < 1.29 is 14.7 Å². The highest BCUT2D eigenvalue weighted by atomic mass is 35.5. The van der Waals surface area contributed by atoms with Gasteiger partial charge in [-0.1, -0.05) is 80.6 Å². The van der Waals surface area contributed by atoms with E-state index in [0.717, 1.165) is 49.2 Å². The highest BCUT2D eigenvalue weighted by molar-refractivity contribution is 7.11. The molecule has 1 fully saturated rings. The quantitative estimate of drug-likeness (QED) is 0.331. The van der Waals surface area contributed by atoms with Gasteiger partial charge in [0.25, 0.3) is 5.91 Å². The first-order valence-corrected chi connectivity index (χ1v) is 13.6. The molecule has 1 heterocycles. The molecule has 0 unspecified atom stereocenters. The van der Waals surface area contributed by atoms with E-state index in [1.54, 1.807) is 12.1 Å². The number of nitrogens with zero attached hydrogens (tertiary/aromatic N) is 2. The summed E-state index contributed by atoms with van der Waals surface area (Å²) in [5, 5.41) is 13.1. The standard InChI is InChI=1S/C27H29Cl2N3O3S/c1-16(2)17-8-12-20(13-9-17)32(27(35)23-22(28)25(29)36-31-23)24(18-10-14-21(33)15-11-18)26(34)30-19-6-4-3-5-7-19/h8-16,19,24,33H,3-7H2,1-2H3,(H,30,34)/t24-/m1/s1. The highest BCUT2D eigenvalue weighted by Crippen LogP contribution is 2.36. The van der Waals surface area contributed by atoms with Gasteiger partial charge in [-0.05, 0) is 65.7 Å². The van der Waals surface area contributed by atoms with Crippen LogP contribution in [0.3, 0.4) is 0 Å². The number of phenolic OH excluding ortho intramolecular Hbond substituents is 1. The highest BCUT2D eigenvalue weighted by Gasteiger charge is 2.36. The molecule has 2 aromatic carbocycles. The van der Waals surface area contributed by atoms with Crippen molar-refractivity contribution in [2.24, 2.45) is 0 Å². The number of amides is 2. The summed E-state index contributed by atoms with van der Waals surface area (Å²) in [6.45, 7) is 4.18. The van der Waals surface area contributed by atoms with Crippen LogP contribution in [0.1, 0.15) is 79.5 Å². The number of anilines is 1. The van der Waals surface area contributed by atoms with Crippen molar-refractivity contribution in [2.75, 3.05) is 4.90 Å². The van der Waals surface area contributed by atoms with E-state index in [1.165, 1.54) is 17.0 Å². The van der Waals surface area contributed by atoms with E-state index in [2.05, 4.69) is 23.5 Å². The normalized spacial score (nSPS) is 15.0. The molecule has 9 heteroatoms. The number of phenols is 1. The van der Waals surface area contributed by atoms with Crippen LogP contribution in [0.4, 0.5) is 5.69 Å². The number of rotatable bonds is 7. The zero-order valence-electron chi connectivity index (χ0n) is 20.2. The molecule has 0 radical (unpaired) electrons. The first-order chi connectivity index (χ1) is 17.3. The van der Waals surface area contributed by atoms with Crippen molar-refractivity contribution in [3.8, 4) is 5.75 Å². The molecular formula is C27H29Cl2N3O3S. The van der Waals surface area contributed by atoms with Crippen LogP contribution in [0.5, 0.6) is 5.75 Å². The van der Waals surface area contributed by atoms with Gasteiger partial charge >= 0.3 is 0 Å². The van der Waals surface area contributed by atoms with Gasteiger partial charge in [0.15, 0.2) is 5.69 Å². The minimum atomic E-state index is -1.01. The van der Waals surface area contributed by atoms with Gasteiger partial charge in [-0.3, -0.25) is 14.5 Å². The Morgan fingerprint density at radius 2 is 1.61 bits per heavy atom. The number of aromatic hydroxyl groups is 1. The third-order valence-electron chi connectivity index (χ3n) is 6.52. The van der Waals surface area contributed by atoms with Gasteiger partial charge in [0, 0.05) is 11.7 Å². The van der Waals surface area contributed by atoms with E-state index in [1.807, 2.05) is 24.3 Å². The third-order valence-corrected chi connectivity index (χ3v) is 8.13. The molecule has 1 aliphatic carbocycles. The number of hydrogen-bond acceptors (Lipinski definition) is 5. The fraction of sp³-hybridized carbons (Fsp3) is 0.370. The summed E-state index contributed by atoms with van der Waals surface area (Å²) in [5.74, 6) is -0.459. The Morgan fingerprint density at radius 1 is 1.00 bits per heavy atom. The average Bonchev–Trinajstić information content (AvgIpc) is 3.21. The Balaban J connectivity index is 1.82. The fourth-order valence-corrected chi connectivity index (χ4v) is 5.50. The average molecular weight is 547 g/mol. The van der Waals surface area contributed by atoms with Crippen LogP contribution in [-0.4, -0.2) is 27.3 Å². The third kappa shape index (κ3) is 5.85. The number of carbonyl (C=O) groups excluding carboxylic acids is 2. The number of nitrogens with one attached hydrogen (secondary N) is 1. The number of hydrogen-bond donors (Lipinski definition) is 2. The van der Waals surface area contributed by atoms with Crippen molar-refractivity contribution in [1.29, 1.82) is 0 Å². The second kappa shape index (κ2) is 11.6. The van der Waals surface area contributed by atoms with Gasteiger partial charge in [0.2, 0.25) is 5.91 Å². The molecule has 4 rings (SSSR count). The topological polar surface area (TPSA) is 82.5 Å². The lowest BCUT2D eigenvalue weighted by atomic mass is 9.94. The monoisotopic (exact) mass is 545 g/mol. The van der Waals surface area contributed by atoms with Crippen molar-refractivity contribution in [2.45, 2.75) is 64.0 Å². The van der Waals surface area contributed by atoms with Crippen molar-refractivity contribution in [3.63, 3.8) is 0 Å². The van der Waals surface area contributed by atoms with Gasteiger partial charge in [-0.15, -0.1) is 0 Å². The summed E-state index contributed by atoms with van der Waals surface area (Å²) in [4.78, 5) is 29.3. The van der Waals surface area contributed by atoms with E-state index in [4.69, 9.17) is 23.2 Å². The van der Waals surface area contributed by atoms with E-state index in [9.17, 15) is 14.7 Å². The van der Waals surface area contributed by atoms with Crippen molar-refractivity contribution in [3.05, 3.63) is 74.7 Å². The van der Waals surface area contributed by atoms with Gasteiger partial charge in [0.05, 0.1) is 0 Å². The van der Waals surface area contributed by atoms with Crippen LogP contribution in [0.15, 0.2) is 48.5 Å². The van der Waals surface area contributed by atoms with Crippen LogP contribution in [-0.2, 0) is 4.79 Å². The van der Waals surface area contributed by atoms with E-state index in [-0.39, 0.29) is 32.8 Å². The Kier molecular flexibility index (Phi) is 8.54. The van der Waals surface area contributed by atoms with E-state index in [0.29, 0.717) is 17.2 Å². The molecule has 3 aromatic rings. The molecule has 1 aliphatic rings. The van der Waals surface area contributed by atoms with Crippen LogP contribution in [0, 0.1) is 0 Å². The second-order valence-corrected chi connectivity index (χ2v) is 11.1. The largest absolute Gasteiger partial charge is 0.508 e. The summed E-state index contributed by atoms with van der Waals surface area (Å²) >= 11 is 13.4. The molecule has 1 aromatic heterocycles. The molecule has 0 aliphatic heterocycles. The lowest BCUT2D eigenvalue weighted by molar-refractivity contribution is -0.123. The van der Waals surface area contributed by atoms with Crippen LogP contribution >= 0.6 is 34.7 Å². The molecule has 36 heavy (non-hydrogen) atoms. The molecule has 1 atom stereocenters. The molecule has 6 nitrogen and oxygen atoms in total. The Labute approximate surface area is 225 Å². The Hall–Kier alpha value is -2.61. The zero-order valence-corrected chi connectivity index (χ0v) is 22.5. The number of halogens is 2. The minimum absolute atomic E-state index is 0.00570. The first kappa shape index (κ1) is 26.5. The second-order valence-electron chi connectivity index (χ2n) is 9.38. The lowest BCUT2D eigenvalue weighted by Crippen LogP contribution is -2.47. The van der Waals surface area contributed by atoms with Gasteiger partial charge in [-0.2, -0.15) is 4.37 Å². The van der Waals surface area contributed by atoms with Crippen molar-refractivity contribution >= 4 is 52.2 Å². The van der Waals surface area contributed by atoms with E-state index >= 15 is 0 Å². The SMILES string of the molecule is CC(C)c1ccc(N(C(=O)c2nsc(Cl)c2Cl)[C@@H](C(=O)NC2CCCCC2)c2ccc(O)cc2)cc1. The maximum absolute atomic E-state index is 14.0. The Bertz CT molecular complexity index is 1210. The van der Waals surface area contributed by atoms with Gasteiger partial charge in [-0.25, -0.2) is 0 Å². The van der Waals surface area contributed by atoms with E-state index < -0.39 is 11.9 Å². The molecule has 2 amide bonds. The summed E-state index contributed by atoms with van der Waals surface area (Å²) in [6.07, 6.45) is 5.07. The molecule has 0 bridgehead atoms. The summed E-state index contributed by atoms with van der Waals surface area (Å²) < 4.78 is 4.40. The van der Waals surface area contributed by atoms with Crippen LogP contribution < -0.4 is 10.2 Å². The summed E-state index contributed by atoms with van der Waals surface area (Å²) in [7, 11) is 0. The van der Waals surface area contributed by atoms with Gasteiger partial charge in [0.1, 0.15) is 21.2 Å². The fourth-order valence-electron chi connectivity index (χ4n) is 4.51. The maximum atomic E-state index is 14.0. The van der Waals surface area contributed by atoms with Crippen LogP contribution in [0.2, 0.25) is 9.36 Å². The number of carbonyl (C=O) groups is 2. The Morgan fingerprint density at radius 3 is 2.17 bits per heavy atom. The number of aromatic nitrogens is 1.